The van der Waals surface area contributed by atoms with Crippen molar-refractivity contribution in [1.29, 1.82) is 0 Å². The van der Waals surface area contributed by atoms with E-state index in [1.807, 2.05) is 6.21 Å². The monoisotopic (exact) mass is 346 g/mol. The highest BCUT2D eigenvalue weighted by Crippen LogP contribution is 2.33. The SMILES string of the molecule is CC1(c2ccc3nc(C4CCCCC4)[nH]c3c2)C=NNC(=O)C1.Cl. The second kappa shape index (κ2) is 6.55. The van der Waals surface area contributed by atoms with Gasteiger partial charge < -0.3 is 4.98 Å². The maximum absolute atomic E-state index is 11.7. The first-order chi connectivity index (χ1) is 11.1. The van der Waals surface area contributed by atoms with Gasteiger partial charge in [0.25, 0.3) is 0 Å². The smallest absolute Gasteiger partial charge is 0.241 e. The van der Waals surface area contributed by atoms with Gasteiger partial charge in [0.1, 0.15) is 5.82 Å². The minimum Gasteiger partial charge on any atom is -0.342 e. The number of rotatable bonds is 2. The summed E-state index contributed by atoms with van der Waals surface area (Å²) in [4.78, 5) is 20.0. The van der Waals surface area contributed by atoms with Crippen molar-refractivity contribution in [3.05, 3.63) is 29.6 Å². The fourth-order valence-electron chi connectivity index (χ4n) is 3.80. The number of imidazole rings is 1. The Hall–Kier alpha value is -1.88. The topological polar surface area (TPSA) is 70.1 Å². The highest BCUT2D eigenvalue weighted by molar-refractivity contribution is 5.90. The fraction of sp³-hybridized carbons (Fsp3) is 0.500. The zero-order valence-corrected chi connectivity index (χ0v) is 14.7. The van der Waals surface area contributed by atoms with E-state index in [0.29, 0.717) is 12.3 Å². The van der Waals surface area contributed by atoms with E-state index in [1.54, 1.807) is 0 Å². The van der Waals surface area contributed by atoms with Crippen molar-refractivity contribution < 1.29 is 4.79 Å². The van der Waals surface area contributed by atoms with Crippen LogP contribution >= 0.6 is 12.4 Å². The van der Waals surface area contributed by atoms with Crippen molar-refractivity contribution in [2.45, 2.75) is 56.8 Å². The Morgan fingerprint density at radius 1 is 1.21 bits per heavy atom. The van der Waals surface area contributed by atoms with Crippen LogP contribution in [-0.4, -0.2) is 22.1 Å². The molecule has 2 aliphatic rings. The molecule has 128 valence electrons. The summed E-state index contributed by atoms with van der Waals surface area (Å²) < 4.78 is 0. The molecule has 1 aliphatic heterocycles. The Labute approximate surface area is 147 Å². The largest absolute Gasteiger partial charge is 0.342 e. The Kier molecular flexibility index (Phi) is 4.63. The van der Waals surface area contributed by atoms with Gasteiger partial charge in [-0.3, -0.25) is 4.79 Å². The molecule has 2 N–H and O–H groups in total. The van der Waals surface area contributed by atoms with E-state index in [-0.39, 0.29) is 23.7 Å². The lowest BCUT2D eigenvalue weighted by Crippen LogP contribution is -2.37. The van der Waals surface area contributed by atoms with E-state index in [4.69, 9.17) is 4.98 Å². The van der Waals surface area contributed by atoms with Crippen LogP contribution in [-0.2, 0) is 10.2 Å². The molecular weight excluding hydrogens is 324 g/mol. The van der Waals surface area contributed by atoms with Crippen LogP contribution < -0.4 is 5.43 Å². The molecular formula is C18H23ClN4O. The lowest BCUT2D eigenvalue weighted by molar-refractivity contribution is -0.122. The minimum absolute atomic E-state index is 0. The minimum atomic E-state index is -0.355. The third-order valence-electron chi connectivity index (χ3n) is 5.22. The summed E-state index contributed by atoms with van der Waals surface area (Å²) in [5.41, 5.74) is 5.31. The zero-order valence-electron chi connectivity index (χ0n) is 13.8. The van der Waals surface area contributed by atoms with Crippen LogP contribution in [0.4, 0.5) is 0 Å². The van der Waals surface area contributed by atoms with Crippen molar-refractivity contribution in [2.24, 2.45) is 5.10 Å². The Morgan fingerprint density at radius 3 is 2.75 bits per heavy atom. The van der Waals surface area contributed by atoms with Gasteiger partial charge in [-0.25, -0.2) is 10.4 Å². The molecule has 4 rings (SSSR count). The molecule has 2 aromatic rings. The molecule has 1 amide bonds. The van der Waals surface area contributed by atoms with Crippen molar-refractivity contribution in [1.82, 2.24) is 15.4 Å². The third kappa shape index (κ3) is 3.05. The van der Waals surface area contributed by atoms with Crippen LogP contribution in [0.25, 0.3) is 11.0 Å². The molecule has 5 nitrogen and oxygen atoms in total. The van der Waals surface area contributed by atoms with E-state index in [0.717, 1.165) is 22.4 Å². The highest BCUT2D eigenvalue weighted by atomic mass is 35.5. The number of hydrazone groups is 1. The maximum atomic E-state index is 11.7. The number of amides is 1. The zero-order chi connectivity index (χ0) is 15.9. The van der Waals surface area contributed by atoms with Crippen LogP contribution in [0.3, 0.4) is 0 Å². The average Bonchev–Trinajstić information content (AvgIpc) is 2.98. The average molecular weight is 347 g/mol. The second-order valence-corrected chi connectivity index (χ2v) is 7.08. The lowest BCUT2D eigenvalue weighted by atomic mass is 9.79. The quantitative estimate of drug-likeness (QED) is 0.868. The normalized spacial score (nSPS) is 24.6. The molecule has 1 aromatic heterocycles. The number of halogens is 1. The molecule has 2 heterocycles. The number of hydrogen-bond acceptors (Lipinski definition) is 3. The summed E-state index contributed by atoms with van der Waals surface area (Å²) in [5, 5.41) is 4.00. The van der Waals surface area contributed by atoms with E-state index in [9.17, 15) is 4.79 Å². The Bertz CT molecular complexity index is 778. The molecule has 1 aromatic carbocycles. The van der Waals surface area contributed by atoms with Crippen LogP contribution in [0.1, 0.15) is 62.8 Å². The number of aromatic amines is 1. The van der Waals surface area contributed by atoms with Gasteiger partial charge in [0.05, 0.1) is 11.0 Å². The number of H-pyrrole nitrogens is 1. The van der Waals surface area contributed by atoms with Gasteiger partial charge in [-0.2, -0.15) is 5.10 Å². The molecule has 6 heteroatoms. The number of nitrogens with zero attached hydrogens (tertiary/aromatic N) is 2. The van der Waals surface area contributed by atoms with E-state index in [2.05, 4.69) is 40.6 Å². The molecule has 0 spiro atoms. The lowest BCUT2D eigenvalue weighted by Gasteiger charge is -2.27. The van der Waals surface area contributed by atoms with Gasteiger partial charge in [-0.1, -0.05) is 25.3 Å². The van der Waals surface area contributed by atoms with Gasteiger partial charge in [0.2, 0.25) is 5.91 Å². The summed E-state index contributed by atoms with van der Waals surface area (Å²) in [5.74, 6) is 1.65. The highest BCUT2D eigenvalue weighted by Gasteiger charge is 2.31. The fourth-order valence-corrected chi connectivity index (χ4v) is 3.80. The number of aromatic nitrogens is 2. The van der Waals surface area contributed by atoms with Gasteiger partial charge in [-0.15, -0.1) is 12.4 Å². The molecule has 1 saturated carbocycles. The van der Waals surface area contributed by atoms with Crippen molar-refractivity contribution in [2.75, 3.05) is 0 Å². The summed E-state index contributed by atoms with van der Waals surface area (Å²) >= 11 is 0. The van der Waals surface area contributed by atoms with Crippen molar-refractivity contribution >= 4 is 35.6 Å². The predicted molar refractivity (Wildman–Crippen MR) is 97.8 cm³/mol. The number of carbonyl (C=O) groups excluding carboxylic acids is 1. The molecule has 0 radical (unpaired) electrons. The Morgan fingerprint density at radius 2 is 2.00 bits per heavy atom. The van der Waals surface area contributed by atoms with Gasteiger partial charge >= 0.3 is 0 Å². The summed E-state index contributed by atoms with van der Waals surface area (Å²) in [6, 6.07) is 6.25. The first-order valence-electron chi connectivity index (χ1n) is 8.47. The van der Waals surface area contributed by atoms with E-state index < -0.39 is 0 Å². The predicted octanol–water partition coefficient (Wildman–Crippen LogP) is 3.80. The molecule has 1 unspecified atom stereocenters. The van der Waals surface area contributed by atoms with Crippen LogP contribution in [0.2, 0.25) is 0 Å². The first kappa shape index (κ1) is 17.0. The van der Waals surface area contributed by atoms with Crippen LogP contribution in [0, 0.1) is 0 Å². The number of benzene rings is 1. The van der Waals surface area contributed by atoms with Crippen LogP contribution in [0.5, 0.6) is 0 Å². The molecule has 24 heavy (non-hydrogen) atoms. The van der Waals surface area contributed by atoms with Crippen molar-refractivity contribution in [3.8, 4) is 0 Å². The van der Waals surface area contributed by atoms with Gasteiger partial charge in [-0.05, 0) is 37.5 Å². The maximum Gasteiger partial charge on any atom is 0.241 e. The molecule has 1 fully saturated rings. The molecule has 1 aliphatic carbocycles. The first-order valence-corrected chi connectivity index (χ1v) is 8.47. The number of hydrogen-bond donors (Lipinski definition) is 2. The van der Waals surface area contributed by atoms with Gasteiger partial charge in [0, 0.05) is 24.0 Å². The third-order valence-corrected chi connectivity index (χ3v) is 5.22. The summed E-state index contributed by atoms with van der Waals surface area (Å²) in [7, 11) is 0. The molecule has 0 saturated heterocycles. The Balaban J connectivity index is 0.00000169. The number of carbonyl (C=O) groups is 1. The number of fused-ring (bicyclic) bond motifs is 1. The van der Waals surface area contributed by atoms with Crippen LogP contribution in [0.15, 0.2) is 23.3 Å². The van der Waals surface area contributed by atoms with E-state index in [1.165, 1.54) is 32.1 Å². The molecule has 0 bridgehead atoms. The van der Waals surface area contributed by atoms with E-state index >= 15 is 0 Å². The van der Waals surface area contributed by atoms with Gasteiger partial charge in [0.15, 0.2) is 0 Å². The summed E-state index contributed by atoms with van der Waals surface area (Å²) in [6.07, 6.45) is 8.67. The van der Waals surface area contributed by atoms with Crippen molar-refractivity contribution in [3.63, 3.8) is 0 Å². The number of nitrogens with one attached hydrogen (secondary N) is 2. The molecule has 1 atom stereocenters. The standard InChI is InChI=1S/C18H22N4O.ClH/c1-18(10-16(23)22-19-11-18)13-7-8-14-15(9-13)21-17(20-14)12-5-3-2-4-6-12;/h7-9,11-12H,2-6,10H2,1H3,(H,20,21)(H,22,23);1H. The second-order valence-electron chi connectivity index (χ2n) is 7.08. The summed E-state index contributed by atoms with van der Waals surface area (Å²) in [6.45, 7) is 2.05.